The number of hydrogen-bond acceptors (Lipinski definition) is 5. The molecule has 1 heterocycles. The van der Waals surface area contributed by atoms with Gasteiger partial charge in [-0.25, -0.2) is 4.79 Å². The monoisotopic (exact) mass is 643 g/mol. The third-order valence-electron chi connectivity index (χ3n) is 11.4. The fourth-order valence-corrected chi connectivity index (χ4v) is 7.48. The van der Waals surface area contributed by atoms with Gasteiger partial charge in [0.25, 0.3) is 0 Å². The van der Waals surface area contributed by atoms with Gasteiger partial charge >= 0.3 is 5.97 Å². The van der Waals surface area contributed by atoms with E-state index in [1.54, 1.807) is 12.1 Å². The van der Waals surface area contributed by atoms with Crippen LogP contribution in [0.5, 0.6) is 0 Å². The van der Waals surface area contributed by atoms with Gasteiger partial charge in [0.2, 0.25) is 0 Å². The molecule has 250 valence electrons. The Morgan fingerprint density at radius 2 is 1.25 bits per heavy atom. The first kappa shape index (κ1) is 31.5. The fraction of sp³-hybridized carbons (Fsp3) is 0.439. The molecule has 3 unspecified atom stereocenters. The first-order valence-corrected chi connectivity index (χ1v) is 18.0. The van der Waals surface area contributed by atoms with Gasteiger partial charge in [-0.1, -0.05) is 66.7 Å². The lowest BCUT2D eigenvalue weighted by atomic mass is 10.1. The van der Waals surface area contributed by atoms with Crippen molar-refractivity contribution in [2.45, 2.75) is 75.5 Å². The molecule has 4 fully saturated rings. The molecule has 4 aromatic rings. The molecular weight excluding hydrogens is 594 g/mol. The molecule has 6 N–H and O–H groups in total. The predicted octanol–water partition coefficient (Wildman–Crippen LogP) is 6.41. The number of carbonyl (C=O) groups is 1. The van der Waals surface area contributed by atoms with Crippen molar-refractivity contribution in [1.29, 1.82) is 0 Å². The van der Waals surface area contributed by atoms with Crippen LogP contribution in [0.4, 0.5) is 0 Å². The Hall–Kier alpha value is -3.75. The summed E-state index contributed by atoms with van der Waals surface area (Å²) in [4.78, 5) is 14.7. The van der Waals surface area contributed by atoms with Crippen LogP contribution in [0.3, 0.4) is 0 Å². The topological polar surface area (TPSA) is 101 Å². The summed E-state index contributed by atoms with van der Waals surface area (Å²) in [6.45, 7) is 5.90. The molecule has 4 aliphatic carbocycles. The molecular formula is C41H49N5O2. The Labute approximate surface area is 284 Å². The van der Waals surface area contributed by atoms with E-state index in [2.05, 4.69) is 93.0 Å². The molecule has 8 rings (SSSR count). The number of aromatic nitrogens is 1. The number of nitrogens with one attached hydrogen (secondary N) is 5. The second-order valence-electron chi connectivity index (χ2n) is 15.3. The largest absolute Gasteiger partial charge is 0.478 e. The van der Waals surface area contributed by atoms with E-state index in [1.807, 2.05) is 12.1 Å². The van der Waals surface area contributed by atoms with Crippen molar-refractivity contribution in [3.05, 3.63) is 119 Å². The van der Waals surface area contributed by atoms with Crippen LogP contribution in [0.2, 0.25) is 0 Å². The van der Waals surface area contributed by atoms with Crippen molar-refractivity contribution in [2.75, 3.05) is 26.2 Å². The number of rotatable bonds is 18. The molecule has 0 spiro atoms. The molecule has 0 amide bonds. The minimum absolute atomic E-state index is 0.337. The molecule has 4 aliphatic rings. The Bertz CT molecular complexity index is 1690. The Balaban J connectivity index is 0.736. The van der Waals surface area contributed by atoms with Gasteiger partial charge < -0.3 is 31.4 Å². The number of benzene rings is 3. The number of carboxylic acid groups (broad SMARTS) is 1. The van der Waals surface area contributed by atoms with E-state index in [0.717, 1.165) is 44.8 Å². The molecule has 7 heteroatoms. The number of aromatic amines is 1. The maximum absolute atomic E-state index is 11.1. The zero-order valence-electron chi connectivity index (χ0n) is 27.8. The maximum Gasteiger partial charge on any atom is 0.335 e. The highest BCUT2D eigenvalue weighted by Crippen LogP contribution is 2.48. The van der Waals surface area contributed by atoms with Crippen LogP contribution in [0.15, 0.2) is 91.0 Å². The van der Waals surface area contributed by atoms with E-state index in [9.17, 15) is 4.79 Å². The number of hydrogen-bond donors (Lipinski definition) is 6. The van der Waals surface area contributed by atoms with Gasteiger partial charge in [-0.2, -0.15) is 0 Å². The van der Waals surface area contributed by atoms with E-state index < -0.39 is 5.97 Å². The molecule has 4 saturated carbocycles. The number of carboxylic acids is 1. The van der Waals surface area contributed by atoms with E-state index in [0.29, 0.717) is 40.3 Å². The molecule has 48 heavy (non-hydrogen) atoms. The summed E-state index contributed by atoms with van der Waals surface area (Å²) >= 11 is 0. The molecule has 0 bridgehead atoms. The first-order chi connectivity index (χ1) is 23.5. The predicted molar refractivity (Wildman–Crippen MR) is 191 cm³/mol. The van der Waals surface area contributed by atoms with Crippen molar-refractivity contribution in [3.63, 3.8) is 0 Å². The van der Waals surface area contributed by atoms with Crippen molar-refractivity contribution < 1.29 is 9.90 Å². The standard InChI is InChI=1S/C41H49N5O2/c47-39(48)32-8-6-28(7-9-32)22-42-24-40(16-17-40)26-45-38-21-35(38)30-10-12-31(13-11-30)36-15-14-33(46-36)23-43-25-41(18-19-41)27-44-37-20-34(37)29-4-2-1-3-5-29/h1-15,34-35,37-38,42-46H,16-27H2,(H,47,48)/t34?,35?,37-,38?/m0/s1. The maximum atomic E-state index is 11.1. The van der Waals surface area contributed by atoms with Crippen LogP contribution in [0, 0.1) is 10.8 Å². The number of aromatic carboxylic acids is 1. The van der Waals surface area contributed by atoms with Crippen molar-refractivity contribution >= 4 is 5.97 Å². The van der Waals surface area contributed by atoms with Crippen LogP contribution in [-0.4, -0.2) is 54.3 Å². The summed E-state index contributed by atoms with van der Waals surface area (Å²) in [7, 11) is 0. The van der Waals surface area contributed by atoms with E-state index >= 15 is 0 Å². The van der Waals surface area contributed by atoms with Crippen LogP contribution in [-0.2, 0) is 13.1 Å². The highest BCUT2D eigenvalue weighted by molar-refractivity contribution is 5.87. The zero-order valence-corrected chi connectivity index (χ0v) is 27.8. The molecule has 0 radical (unpaired) electrons. The van der Waals surface area contributed by atoms with Crippen LogP contribution >= 0.6 is 0 Å². The van der Waals surface area contributed by atoms with Gasteiger partial charge in [0, 0.05) is 74.6 Å². The van der Waals surface area contributed by atoms with Gasteiger partial charge in [-0.05, 0) is 95.9 Å². The average Bonchev–Trinajstić information content (AvgIpc) is 3.94. The average molecular weight is 644 g/mol. The smallest absolute Gasteiger partial charge is 0.335 e. The molecule has 0 aliphatic heterocycles. The summed E-state index contributed by atoms with van der Waals surface area (Å²) in [5.41, 5.74) is 8.84. The van der Waals surface area contributed by atoms with Gasteiger partial charge in [-0.3, -0.25) is 0 Å². The van der Waals surface area contributed by atoms with Crippen LogP contribution in [0.1, 0.15) is 83.1 Å². The van der Waals surface area contributed by atoms with Gasteiger partial charge in [0.05, 0.1) is 5.56 Å². The van der Waals surface area contributed by atoms with Gasteiger partial charge in [0.1, 0.15) is 0 Å². The summed E-state index contributed by atoms with van der Waals surface area (Å²) in [6, 6.07) is 33.0. The Kier molecular flexibility index (Phi) is 8.72. The van der Waals surface area contributed by atoms with Crippen molar-refractivity contribution in [3.8, 4) is 11.3 Å². The summed E-state index contributed by atoms with van der Waals surface area (Å²) in [6.07, 6.45) is 7.65. The molecule has 7 nitrogen and oxygen atoms in total. The highest BCUT2D eigenvalue weighted by Gasteiger charge is 2.46. The normalized spacial score (nSPS) is 24.2. The SMILES string of the molecule is O=C(O)c1ccc(CNCC2(CNC3CC3c3ccc(-c4ccc(CNCC5(CN[C@H]6CC6c6ccccc6)CC5)[nH]4)cc3)CC2)cc1. The lowest BCUT2D eigenvalue weighted by molar-refractivity contribution is 0.0697. The molecule has 4 atom stereocenters. The molecule has 3 aromatic carbocycles. The summed E-state index contributed by atoms with van der Waals surface area (Å²) in [5, 5.41) is 24.2. The van der Waals surface area contributed by atoms with E-state index in [1.165, 1.54) is 66.6 Å². The summed E-state index contributed by atoms with van der Waals surface area (Å²) in [5.74, 6) is 0.424. The second kappa shape index (κ2) is 13.3. The Morgan fingerprint density at radius 3 is 1.83 bits per heavy atom. The third kappa shape index (κ3) is 7.60. The van der Waals surface area contributed by atoms with Crippen molar-refractivity contribution in [2.24, 2.45) is 10.8 Å². The lowest BCUT2D eigenvalue weighted by Crippen LogP contribution is -2.34. The second-order valence-corrected chi connectivity index (χ2v) is 15.3. The van der Waals surface area contributed by atoms with Crippen LogP contribution in [0.25, 0.3) is 11.3 Å². The minimum Gasteiger partial charge on any atom is -0.478 e. The summed E-state index contributed by atoms with van der Waals surface area (Å²) < 4.78 is 0. The first-order valence-electron chi connectivity index (χ1n) is 18.0. The molecule has 1 aromatic heterocycles. The van der Waals surface area contributed by atoms with Gasteiger partial charge in [0.15, 0.2) is 0 Å². The van der Waals surface area contributed by atoms with E-state index in [4.69, 9.17) is 5.11 Å². The van der Waals surface area contributed by atoms with Crippen molar-refractivity contribution in [1.82, 2.24) is 26.3 Å². The van der Waals surface area contributed by atoms with E-state index in [-0.39, 0.29) is 0 Å². The highest BCUT2D eigenvalue weighted by atomic mass is 16.4. The minimum atomic E-state index is -0.878. The fourth-order valence-electron chi connectivity index (χ4n) is 7.48. The molecule has 0 saturated heterocycles. The quantitative estimate of drug-likeness (QED) is 0.0750. The lowest BCUT2D eigenvalue weighted by Gasteiger charge is -2.17. The van der Waals surface area contributed by atoms with Gasteiger partial charge in [-0.15, -0.1) is 0 Å². The Morgan fingerprint density at radius 1 is 0.667 bits per heavy atom. The van der Waals surface area contributed by atoms with Crippen LogP contribution < -0.4 is 21.3 Å². The zero-order chi connectivity index (χ0) is 32.6. The number of H-pyrrole nitrogens is 1. The third-order valence-corrected chi connectivity index (χ3v) is 11.4.